The second-order valence-corrected chi connectivity index (χ2v) is 6.79. The van der Waals surface area contributed by atoms with Crippen molar-refractivity contribution in [3.63, 3.8) is 0 Å². The van der Waals surface area contributed by atoms with Gasteiger partial charge in [0.15, 0.2) is 5.82 Å². The maximum atomic E-state index is 13.9. The molecular formula is C22H23FN4O. The van der Waals surface area contributed by atoms with Crippen LogP contribution < -0.4 is 10.6 Å². The number of nitrogens with one attached hydrogen (secondary N) is 2. The largest absolute Gasteiger partial charge is 0.376 e. The van der Waals surface area contributed by atoms with E-state index < -0.39 is 0 Å². The Balaban J connectivity index is 1.55. The second kappa shape index (κ2) is 8.80. The van der Waals surface area contributed by atoms with Crippen molar-refractivity contribution in [1.29, 1.82) is 0 Å². The highest BCUT2D eigenvalue weighted by Gasteiger charge is 2.16. The van der Waals surface area contributed by atoms with Crippen LogP contribution in [0.15, 0.2) is 60.7 Å². The average Bonchev–Trinajstić information content (AvgIpc) is 3.26. The fraction of sp³-hybridized carbons (Fsp3) is 0.273. The monoisotopic (exact) mass is 378 g/mol. The first-order chi connectivity index (χ1) is 13.8. The van der Waals surface area contributed by atoms with Crippen LogP contribution in [0.1, 0.15) is 18.4 Å². The maximum absolute atomic E-state index is 13.9. The number of halogens is 1. The summed E-state index contributed by atoms with van der Waals surface area (Å²) in [5, 5.41) is 6.57. The molecule has 1 aromatic heterocycles. The first-order valence-corrected chi connectivity index (χ1v) is 9.55. The topological polar surface area (TPSA) is 59.1 Å². The molecule has 144 valence electrons. The number of rotatable bonds is 7. The summed E-state index contributed by atoms with van der Waals surface area (Å²) < 4.78 is 19.6. The minimum Gasteiger partial charge on any atom is -0.376 e. The Bertz CT molecular complexity index is 913. The van der Waals surface area contributed by atoms with Gasteiger partial charge in [-0.05, 0) is 18.9 Å². The van der Waals surface area contributed by atoms with Crippen LogP contribution >= 0.6 is 0 Å². The lowest BCUT2D eigenvalue weighted by molar-refractivity contribution is 0.120. The molecule has 1 saturated heterocycles. The molecule has 0 bridgehead atoms. The fourth-order valence-electron chi connectivity index (χ4n) is 3.20. The van der Waals surface area contributed by atoms with Crippen LogP contribution in [0.5, 0.6) is 0 Å². The van der Waals surface area contributed by atoms with Gasteiger partial charge in [-0.25, -0.2) is 14.4 Å². The third-order valence-corrected chi connectivity index (χ3v) is 4.71. The Labute approximate surface area is 164 Å². The van der Waals surface area contributed by atoms with Crippen LogP contribution in [0.3, 0.4) is 0 Å². The predicted molar refractivity (Wildman–Crippen MR) is 109 cm³/mol. The molecule has 0 saturated carbocycles. The van der Waals surface area contributed by atoms with Gasteiger partial charge in [-0.1, -0.05) is 48.5 Å². The van der Waals surface area contributed by atoms with Gasteiger partial charge in [0.05, 0.1) is 6.10 Å². The molecule has 6 heteroatoms. The third kappa shape index (κ3) is 4.64. The Kier molecular flexibility index (Phi) is 5.77. The highest BCUT2D eigenvalue weighted by molar-refractivity contribution is 5.61. The highest BCUT2D eigenvalue weighted by Crippen LogP contribution is 2.21. The van der Waals surface area contributed by atoms with Crippen molar-refractivity contribution in [2.24, 2.45) is 0 Å². The first-order valence-electron chi connectivity index (χ1n) is 9.55. The summed E-state index contributed by atoms with van der Waals surface area (Å²) >= 11 is 0. The molecular weight excluding hydrogens is 355 g/mol. The van der Waals surface area contributed by atoms with Crippen molar-refractivity contribution < 1.29 is 9.13 Å². The molecule has 1 aliphatic rings. The van der Waals surface area contributed by atoms with Crippen molar-refractivity contribution in [1.82, 2.24) is 9.97 Å². The van der Waals surface area contributed by atoms with Gasteiger partial charge in [-0.15, -0.1) is 0 Å². The molecule has 5 nitrogen and oxygen atoms in total. The molecule has 0 spiro atoms. The molecule has 0 amide bonds. The minimum absolute atomic E-state index is 0.213. The Morgan fingerprint density at radius 1 is 0.964 bits per heavy atom. The van der Waals surface area contributed by atoms with Crippen molar-refractivity contribution >= 4 is 11.6 Å². The van der Waals surface area contributed by atoms with E-state index in [1.807, 2.05) is 42.5 Å². The maximum Gasteiger partial charge on any atom is 0.163 e. The van der Waals surface area contributed by atoms with Gasteiger partial charge in [0.25, 0.3) is 0 Å². The number of hydrogen-bond donors (Lipinski definition) is 2. The minimum atomic E-state index is -0.232. The molecule has 1 fully saturated rings. The number of aromatic nitrogens is 2. The molecule has 2 N–H and O–H groups in total. The standard InChI is InChI=1S/C22H23FN4O/c23-19-11-5-4-9-17(19)14-24-20-13-21(25-15-18-10-6-12-28-18)27-22(26-20)16-7-2-1-3-8-16/h1-5,7-9,11,13,18H,6,10,12,14-15H2,(H2,24,25,26,27). The van der Waals surface area contributed by atoms with E-state index in [9.17, 15) is 4.39 Å². The fourth-order valence-corrected chi connectivity index (χ4v) is 3.20. The van der Waals surface area contributed by atoms with Gasteiger partial charge in [0.1, 0.15) is 17.5 Å². The van der Waals surface area contributed by atoms with Gasteiger partial charge in [0, 0.05) is 36.9 Å². The third-order valence-electron chi connectivity index (χ3n) is 4.71. The van der Waals surface area contributed by atoms with E-state index in [1.54, 1.807) is 12.1 Å². The summed E-state index contributed by atoms with van der Waals surface area (Å²) in [6.07, 6.45) is 2.37. The number of anilines is 2. The van der Waals surface area contributed by atoms with Crippen LogP contribution in [0.4, 0.5) is 16.0 Å². The number of nitrogens with zero attached hydrogens (tertiary/aromatic N) is 2. The average molecular weight is 378 g/mol. The lowest BCUT2D eigenvalue weighted by Gasteiger charge is -2.14. The van der Waals surface area contributed by atoms with Gasteiger partial charge in [-0.3, -0.25) is 0 Å². The van der Waals surface area contributed by atoms with Crippen molar-refractivity contribution in [3.8, 4) is 11.4 Å². The molecule has 0 aliphatic carbocycles. The van der Waals surface area contributed by atoms with Crippen molar-refractivity contribution in [2.45, 2.75) is 25.5 Å². The lowest BCUT2D eigenvalue weighted by atomic mass is 10.2. The molecule has 1 aliphatic heterocycles. The predicted octanol–water partition coefficient (Wildman–Crippen LogP) is 4.49. The van der Waals surface area contributed by atoms with Gasteiger partial charge in [-0.2, -0.15) is 0 Å². The van der Waals surface area contributed by atoms with Crippen LogP contribution in [0.2, 0.25) is 0 Å². The summed E-state index contributed by atoms with van der Waals surface area (Å²) in [6, 6.07) is 18.4. The van der Waals surface area contributed by atoms with Gasteiger partial charge < -0.3 is 15.4 Å². The normalized spacial score (nSPS) is 16.1. The Morgan fingerprint density at radius 3 is 2.46 bits per heavy atom. The molecule has 1 unspecified atom stereocenters. The number of benzene rings is 2. The molecule has 1 atom stereocenters. The second-order valence-electron chi connectivity index (χ2n) is 6.79. The SMILES string of the molecule is Fc1ccccc1CNc1cc(NCC2CCCO2)nc(-c2ccccc2)n1. The van der Waals surface area contributed by atoms with Crippen LogP contribution in [0, 0.1) is 5.82 Å². The van der Waals surface area contributed by atoms with Crippen LogP contribution in [-0.4, -0.2) is 29.2 Å². The molecule has 2 aromatic carbocycles. The van der Waals surface area contributed by atoms with Crippen molar-refractivity contribution in [2.75, 3.05) is 23.8 Å². The molecule has 2 heterocycles. The first kappa shape index (κ1) is 18.4. The Hall–Kier alpha value is -2.99. The Morgan fingerprint density at radius 2 is 1.71 bits per heavy atom. The van der Waals surface area contributed by atoms with Crippen LogP contribution in [-0.2, 0) is 11.3 Å². The van der Waals surface area contributed by atoms with E-state index in [0.717, 1.165) is 30.8 Å². The van der Waals surface area contributed by atoms with Gasteiger partial charge >= 0.3 is 0 Å². The molecule has 4 rings (SSSR count). The molecule has 0 radical (unpaired) electrons. The van der Waals surface area contributed by atoms with Gasteiger partial charge in [0.2, 0.25) is 0 Å². The highest BCUT2D eigenvalue weighted by atomic mass is 19.1. The van der Waals surface area contributed by atoms with E-state index in [0.29, 0.717) is 30.3 Å². The summed E-state index contributed by atoms with van der Waals surface area (Å²) in [6.45, 7) is 1.88. The summed E-state index contributed by atoms with van der Waals surface area (Å²) in [5.74, 6) is 1.75. The zero-order chi connectivity index (χ0) is 19.2. The summed E-state index contributed by atoms with van der Waals surface area (Å²) in [4.78, 5) is 9.26. The summed E-state index contributed by atoms with van der Waals surface area (Å²) in [7, 11) is 0. The van der Waals surface area contributed by atoms with E-state index in [2.05, 4.69) is 20.6 Å². The molecule has 28 heavy (non-hydrogen) atoms. The zero-order valence-corrected chi connectivity index (χ0v) is 15.6. The van der Waals surface area contributed by atoms with E-state index in [1.165, 1.54) is 6.07 Å². The zero-order valence-electron chi connectivity index (χ0n) is 15.6. The lowest BCUT2D eigenvalue weighted by Crippen LogP contribution is -2.19. The smallest absolute Gasteiger partial charge is 0.163 e. The van der Waals surface area contributed by atoms with E-state index in [-0.39, 0.29) is 11.9 Å². The molecule has 3 aromatic rings. The summed E-state index contributed by atoms with van der Waals surface area (Å²) in [5.41, 5.74) is 1.52. The van der Waals surface area contributed by atoms with E-state index >= 15 is 0 Å². The van der Waals surface area contributed by atoms with Crippen molar-refractivity contribution in [3.05, 3.63) is 72.0 Å². The quantitative estimate of drug-likeness (QED) is 0.635. The number of ether oxygens (including phenoxy) is 1. The number of hydrogen-bond acceptors (Lipinski definition) is 5. The van der Waals surface area contributed by atoms with E-state index in [4.69, 9.17) is 4.74 Å². The van der Waals surface area contributed by atoms with Crippen LogP contribution in [0.25, 0.3) is 11.4 Å².